The molecule has 0 amide bonds. The number of nitrogens with zero attached hydrogens (tertiary/aromatic N) is 1. The maximum Gasteiger partial charge on any atom is 0.0674 e. The van der Waals surface area contributed by atoms with E-state index < -0.39 is 0 Å². The number of morpholine rings is 1. The lowest BCUT2D eigenvalue weighted by Crippen LogP contribution is -2.47. The van der Waals surface area contributed by atoms with Crippen LogP contribution >= 0.6 is 15.9 Å². The smallest absolute Gasteiger partial charge is 0.0674 e. The summed E-state index contributed by atoms with van der Waals surface area (Å²) in [6.45, 7) is 7.21. The highest BCUT2D eigenvalue weighted by molar-refractivity contribution is 9.10. The lowest BCUT2D eigenvalue weighted by Gasteiger charge is -2.37. The molecule has 1 fully saturated rings. The molecule has 1 saturated heterocycles. The Morgan fingerprint density at radius 3 is 3.00 bits per heavy atom. The van der Waals surface area contributed by atoms with Crippen molar-refractivity contribution in [2.75, 3.05) is 19.7 Å². The third-order valence-electron chi connectivity index (χ3n) is 3.74. The molecule has 1 heterocycles. The van der Waals surface area contributed by atoms with Gasteiger partial charge in [0.05, 0.1) is 12.7 Å². The fourth-order valence-electron chi connectivity index (χ4n) is 2.49. The zero-order valence-electron chi connectivity index (χ0n) is 11.7. The molecule has 0 aliphatic carbocycles. The van der Waals surface area contributed by atoms with Gasteiger partial charge >= 0.3 is 0 Å². The molecule has 106 valence electrons. The summed E-state index contributed by atoms with van der Waals surface area (Å²) < 4.78 is 6.74. The summed E-state index contributed by atoms with van der Waals surface area (Å²) in [5.74, 6) is 0. The van der Waals surface area contributed by atoms with Crippen molar-refractivity contribution in [1.82, 2.24) is 4.90 Å². The van der Waals surface area contributed by atoms with Gasteiger partial charge in [-0.15, -0.1) is 0 Å². The Morgan fingerprint density at radius 2 is 2.26 bits per heavy atom. The molecule has 1 aliphatic rings. The van der Waals surface area contributed by atoms with Crippen LogP contribution in [0.4, 0.5) is 0 Å². The average Bonchev–Trinajstić information content (AvgIpc) is 2.39. The lowest BCUT2D eigenvalue weighted by atomic mass is 10.0. The molecule has 0 saturated carbocycles. The number of nitrogens with two attached hydrogens (primary N) is 1. The Labute approximate surface area is 124 Å². The van der Waals surface area contributed by atoms with Crippen LogP contribution in [0.25, 0.3) is 0 Å². The van der Waals surface area contributed by atoms with Gasteiger partial charge in [0, 0.05) is 29.6 Å². The van der Waals surface area contributed by atoms with Crippen molar-refractivity contribution in [2.24, 2.45) is 5.73 Å². The molecule has 1 aromatic rings. The Bertz CT molecular complexity index is 413. The minimum atomic E-state index is 0.0999. The van der Waals surface area contributed by atoms with E-state index in [4.69, 9.17) is 10.5 Å². The Balaban J connectivity index is 1.87. The van der Waals surface area contributed by atoms with E-state index >= 15 is 0 Å². The molecule has 3 unspecified atom stereocenters. The van der Waals surface area contributed by atoms with E-state index in [2.05, 4.69) is 46.8 Å². The first-order valence-electron chi connectivity index (χ1n) is 6.93. The van der Waals surface area contributed by atoms with Crippen LogP contribution in [-0.2, 0) is 4.74 Å². The second kappa shape index (κ2) is 6.84. The summed E-state index contributed by atoms with van der Waals surface area (Å²) in [5, 5.41) is 0. The summed E-state index contributed by atoms with van der Waals surface area (Å²) in [6, 6.07) is 8.87. The van der Waals surface area contributed by atoms with Crippen molar-refractivity contribution >= 4 is 15.9 Å². The van der Waals surface area contributed by atoms with Gasteiger partial charge in [-0.2, -0.15) is 0 Å². The monoisotopic (exact) mass is 326 g/mol. The molecule has 4 heteroatoms. The first-order chi connectivity index (χ1) is 9.06. The highest BCUT2D eigenvalue weighted by atomic mass is 79.9. The van der Waals surface area contributed by atoms with Crippen LogP contribution in [0, 0.1) is 0 Å². The summed E-state index contributed by atoms with van der Waals surface area (Å²) in [4.78, 5) is 2.48. The van der Waals surface area contributed by atoms with Crippen LogP contribution in [0.5, 0.6) is 0 Å². The van der Waals surface area contributed by atoms with Gasteiger partial charge in [0.15, 0.2) is 0 Å². The zero-order chi connectivity index (χ0) is 13.8. The molecule has 0 radical (unpaired) electrons. The van der Waals surface area contributed by atoms with Crippen LogP contribution in [0.1, 0.15) is 31.9 Å². The maximum atomic E-state index is 6.28. The van der Waals surface area contributed by atoms with Crippen LogP contribution in [-0.4, -0.2) is 36.7 Å². The van der Waals surface area contributed by atoms with Gasteiger partial charge in [0.2, 0.25) is 0 Å². The normalized spacial score (nSPS) is 26.3. The summed E-state index contributed by atoms with van der Waals surface area (Å²) in [7, 11) is 0. The second-order valence-corrected chi connectivity index (χ2v) is 6.35. The molecule has 19 heavy (non-hydrogen) atoms. The quantitative estimate of drug-likeness (QED) is 0.924. The third kappa shape index (κ3) is 4.28. The molecule has 1 aromatic carbocycles. The van der Waals surface area contributed by atoms with Crippen LogP contribution in [0.15, 0.2) is 28.7 Å². The second-order valence-electron chi connectivity index (χ2n) is 5.44. The molecule has 2 rings (SSSR count). The minimum absolute atomic E-state index is 0.0999. The summed E-state index contributed by atoms with van der Waals surface area (Å²) in [6.07, 6.45) is 1.31. The largest absolute Gasteiger partial charge is 0.376 e. The molecule has 3 atom stereocenters. The van der Waals surface area contributed by atoms with E-state index in [9.17, 15) is 0 Å². The molecule has 2 N–H and O–H groups in total. The van der Waals surface area contributed by atoms with E-state index in [-0.39, 0.29) is 6.04 Å². The van der Waals surface area contributed by atoms with Crippen molar-refractivity contribution in [3.63, 3.8) is 0 Å². The van der Waals surface area contributed by atoms with E-state index in [0.717, 1.165) is 30.6 Å². The number of benzene rings is 1. The Morgan fingerprint density at radius 1 is 1.47 bits per heavy atom. The molecule has 1 aliphatic heterocycles. The highest BCUT2D eigenvalue weighted by Crippen LogP contribution is 2.20. The van der Waals surface area contributed by atoms with Gasteiger partial charge < -0.3 is 10.5 Å². The topological polar surface area (TPSA) is 38.5 Å². The maximum absolute atomic E-state index is 6.28. The van der Waals surface area contributed by atoms with Crippen molar-refractivity contribution in [1.29, 1.82) is 0 Å². The fraction of sp³-hybridized carbons (Fsp3) is 0.600. The first-order valence-corrected chi connectivity index (χ1v) is 7.72. The number of halogens is 1. The van der Waals surface area contributed by atoms with Gasteiger partial charge in [-0.3, -0.25) is 4.90 Å². The summed E-state index contributed by atoms with van der Waals surface area (Å²) in [5.41, 5.74) is 7.48. The number of rotatable bonds is 4. The van der Waals surface area contributed by atoms with Gasteiger partial charge in [-0.05, 0) is 38.0 Å². The Kier molecular flexibility index (Phi) is 5.39. The average molecular weight is 327 g/mol. The van der Waals surface area contributed by atoms with E-state index in [0.29, 0.717) is 12.1 Å². The van der Waals surface area contributed by atoms with Gasteiger partial charge in [0.25, 0.3) is 0 Å². The van der Waals surface area contributed by atoms with Crippen molar-refractivity contribution in [3.8, 4) is 0 Å². The molecular weight excluding hydrogens is 304 g/mol. The van der Waals surface area contributed by atoms with Gasteiger partial charge in [-0.25, -0.2) is 0 Å². The zero-order valence-corrected chi connectivity index (χ0v) is 13.3. The van der Waals surface area contributed by atoms with Crippen molar-refractivity contribution < 1.29 is 4.74 Å². The predicted octanol–water partition coefficient (Wildman–Crippen LogP) is 2.95. The minimum Gasteiger partial charge on any atom is -0.376 e. The first kappa shape index (κ1) is 15.0. The molecular formula is C15H23BrN2O. The number of hydrogen-bond acceptors (Lipinski definition) is 3. The predicted molar refractivity (Wildman–Crippen MR) is 82.1 cm³/mol. The van der Waals surface area contributed by atoms with Crippen LogP contribution in [0.2, 0.25) is 0 Å². The van der Waals surface area contributed by atoms with Crippen LogP contribution < -0.4 is 5.73 Å². The van der Waals surface area contributed by atoms with E-state index in [1.54, 1.807) is 0 Å². The number of ether oxygens (including phenoxy) is 1. The van der Waals surface area contributed by atoms with E-state index in [1.165, 1.54) is 5.56 Å². The van der Waals surface area contributed by atoms with Crippen molar-refractivity contribution in [2.45, 2.75) is 38.5 Å². The SMILES string of the molecule is CC1CN(CCC(N)c2cccc(Br)c2)C(C)CO1. The molecule has 3 nitrogen and oxygen atoms in total. The van der Waals surface area contributed by atoms with Crippen molar-refractivity contribution in [3.05, 3.63) is 34.3 Å². The van der Waals surface area contributed by atoms with Gasteiger partial charge in [-0.1, -0.05) is 28.1 Å². The van der Waals surface area contributed by atoms with E-state index in [1.807, 2.05) is 12.1 Å². The third-order valence-corrected chi connectivity index (χ3v) is 4.23. The molecule has 0 spiro atoms. The lowest BCUT2D eigenvalue weighted by molar-refractivity contribution is -0.0499. The highest BCUT2D eigenvalue weighted by Gasteiger charge is 2.23. The standard InChI is InChI=1S/C15H23BrN2O/c1-11-10-19-12(2)9-18(11)7-6-15(17)13-4-3-5-14(16)8-13/h3-5,8,11-12,15H,6-7,9-10,17H2,1-2H3. The number of hydrogen-bond donors (Lipinski definition) is 1. The van der Waals surface area contributed by atoms with Gasteiger partial charge in [0.1, 0.15) is 0 Å². The molecule has 0 aromatic heterocycles. The fourth-order valence-corrected chi connectivity index (χ4v) is 2.91. The summed E-state index contributed by atoms with van der Waals surface area (Å²) >= 11 is 3.49. The molecule has 0 bridgehead atoms. The Hall–Kier alpha value is -0.420. The van der Waals surface area contributed by atoms with Crippen LogP contribution in [0.3, 0.4) is 0 Å².